The average molecular weight is 345 g/mol. The number of ether oxygens (including phenoxy) is 4. The zero-order valence-corrected chi connectivity index (χ0v) is 15.8. The van der Waals surface area contributed by atoms with E-state index in [2.05, 4.69) is 5.32 Å². The molecule has 0 spiro atoms. The minimum absolute atomic E-state index is 0.240. The van der Waals surface area contributed by atoms with E-state index in [0.717, 1.165) is 0 Å². The van der Waals surface area contributed by atoms with Crippen LogP contribution in [0.15, 0.2) is 11.8 Å². The summed E-state index contributed by atoms with van der Waals surface area (Å²) in [5, 5.41) is 2.60. The number of amides is 1. The summed E-state index contributed by atoms with van der Waals surface area (Å²) < 4.78 is 21.2. The van der Waals surface area contributed by atoms with Crippen molar-refractivity contribution in [2.45, 2.75) is 60.4 Å². The third kappa shape index (κ3) is 9.52. The van der Waals surface area contributed by atoms with Gasteiger partial charge in [0.1, 0.15) is 5.60 Å². The molecule has 0 saturated carbocycles. The fourth-order valence-corrected chi connectivity index (χ4v) is 1.83. The summed E-state index contributed by atoms with van der Waals surface area (Å²) in [6.07, 6.45) is -0.0318. The minimum Gasteiger partial charge on any atom is -0.463 e. The highest BCUT2D eigenvalue weighted by Gasteiger charge is 2.26. The SMILES string of the molecule is CCOC(=O)/C=C(\NC(=O)OC(C)(C)C)C(C)C(OCC)OCC. The predicted octanol–water partition coefficient (Wildman–Crippen LogP) is 2.99. The second-order valence-electron chi connectivity index (χ2n) is 6.05. The van der Waals surface area contributed by atoms with Crippen LogP contribution in [-0.2, 0) is 23.7 Å². The van der Waals surface area contributed by atoms with Gasteiger partial charge >= 0.3 is 12.1 Å². The van der Waals surface area contributed by atoms with Crippen molar-refractivity contribution in [3.8, 4) is 0 Å². The second-order valence-corrected chi connectivity index (χ2v) is 6.05. The van der Waals surface area contributed by atoms with E-state index in [1.54, 1.807) is 34.6 Å². The Labute approximate surface area is 144 Å². The molecule has 0 aliphatic rings. The molecule has 0 saturated heterocycles. The van der Waals surface area contributed by atoms with Gasteiger partial charge in [-0.05, 0) is 41.5 Å². The Balaban J connectivity index is 5.30. The van der Waals surface area contributed by atoms with Crippen molar-refractivity contribution < 1.29 is 28.5 Å². The molecule has 0 bridgehead atoms. The van der Waals surface area contributed by atoms with Gasteiger partial charge in [0, 0.05) is 30.9 Å². The molecule has 0 radical (unpaired) electrons. The van der Waals surface area contributed by atoms with Crippen LogP contribution in [0.1, 0.15) is 48.5 Å². The van der Waals surface area contributed by atoms with Crippen LogP contribution in [0.25, 0.3) is 0 Å². The van der Waals surface area contributed by atoms with E-state index in [1.165, 1.54) is 6.08 Å². The summed E-state index contributed by atoms with van der Waals surface area (Å²) in [5.41, 5.74) is -0.337. The molecule has 0 fully saturated rings. The summed E-state index contributed by atoms with van der Waals surface area (Å²) in [6.45, 7) is 13.6. The topological polar surface area (TPSA) is 83.1 Å². The van der Waals surface area contributed by atoms with Gasteiger partial charge in [0.2, 0.25) is 0 Å². The molecule has 1 amide bonds. The molecular weight excluding hydrogens is 314 g/mol. The Hall–Kier alpha value is -1.60. The van der Waals surface area contributed by atoms with E-state index in [-0.39, 0.29) is 6.61 Å². The first-order valence-electron chi connectivity index (χ1n) is 8.26. The highest BCUT2D eigenvalue weighted by Crippen LogP contribution is 2.18. The maximum atomic E-state index is 12.0. The van der Waals surface area contributed by atoms with Gasteiger partial charge in [-0.1, -0.05) is 6.92 Å². The molecule has 0 rings (SSSR count). The molecule has 0 aromatic heterocycles. The molecule has 1 N–H and O–H groups in total. The van der Waals surface area contributed by atoms with E-state index >= 15 is 0 Å². The largest absolute Gasteiger partial charge is 0.463 e. The quantitative estimate of drug-likeness (QED) is 0.393. The van der Waals surface area contributed by atoms with Crippen LogP contribution >= 0.6 is 0 Å². The third-order valence-electron chi connectivity index (χ3n) is 2.77. The van der Waals surface area contributed by atoms with Crippen LogP contribution in [0.2, 0.25) is 0 Å². The van der Waals surface area contributed by atoms with Crippen LogP contribution in [0.5, 0.6) is 0 Å². The van der Waals surface area contributed by atoms with Gasteiger partial charge in [0.25, 0.3) is 0 Å². The van der Waals surface area contributed by atoms with Gasteiger partial charge in [0.15, 0.2) is 6.29 Å². The normalized spacial score (nSPS) is 13.6. The van der Waals surface area contributed by atoms with E-state index in [1.807, 2.05) is 13.8 Å². The van der Waals surface area contributed by atoms with Crippen molar-refractivity contribution in [3.05, 3.63) is 11.8 Å². The number of rotatable bonds is 9. The first-order chi connectivity index (χ1) is 11.1. The van der Waals surface area contributed by atoms with Gasteiger partial charge in [0.05, 0.1) is 6.61 Å². The summed E-state index contributed by atoms with van der Waals surface area (Å²) in [7, 11) is 0. The lowest BCUT2D eigenvalue weighted by Gasteiger charge is -2.27. The molecule has 1 atom stereocenters. The van der Waals surface area contributed by atoms with Crippen LogP contribution in [0, 0.1) is 5.92 Å². The summed E-state index contributed by atoms with van der Waals surface area (Å²) in [4.78, 5) is 23.8. The Morgan fingerprint density at radius 2 is 1.58 bits per heavy atom. The lowest BCUT2D eigenvalue weighted by Crippen LogP contribution is -2.38. The molecular formula is C17H31NO6. The first-order valence-corrected chi connectivity index (χ1v) is 8.26. The first kappa shape index (κ1) is 22.4. The Morgan fingerprint density at radius 3 is 2.00 bits per heavy atom. The Kier molecular flexibility index (Phi) is 10.3. The standard InChI is InChI=1S/C17H31NO6/c1-8-21-14(19)11-13(18-16(20)24-17(5,6)7)12(4)15(22-9-2)23-10-3/h11-12,15H,8-10H2,1-7H3,(H,18,20)/b13-11-. The Morgan fingerprint density at radius 1 is 1.04 bits per heavy atom. The van der Waals surface area contributed by atoms with Gasteiger partial charge in [-0.15, -0.1) is 0 Å². The molecule has 0 aromatic rings. The Bertz CT molecular complexity index is 421. The zero-order chi connectivity index (χ0) is 18.8. The number of hydrogen-bond acceptors (Lipinski definition) is 6. The molecule has 0 aromatic carbocycles. The summed E-state index contributed by atoms with van der Waals surface area (Å²) >= 11 is 0. The molecule has 0 heterocycles. The highest BCUT2D eigenvalue weighted by atomic mass is 16.7. The summed E-state index contributed by atoms with van der Waals surface area (Å²) in [5.74, 6) is -0.955. The number of nitrogens with one attached hydrogen (secondary N) is 1. The number of alkyl carbamates (subject to hydrolysis) is 1. The maximum absolute atomic E-state index is 12.0. The smallest absolute Gasteiger partial charge is 0.411 e. The fraction of sp³-hybridized carbons (Fsp3) is 0.765. The van der Waals surface area contributed by atoms with Crippen molar-refractivity contribution in [3.63, 3.8) is 0 Å². The maximum Gasteiger partial charge on any atom is 0.411 e. The van der Waals surface area contributed by atoms with Crippen LogP contribution in [0.3, 0.4) is 0 Å². The van der Waals surface area contributed by atoms with Crippen molar-refractivity contribution in [2.75, 3.05) is 19.8 Å². The van der Waals surface area contributed by atoms with Gasteiger partial charge < -0.3 is 18.9 Å². The molecule has 140 valence electrons. The number of carbonyl (C=O) groups is 2. The fourth-order valence-electron chi connectivity index (χ4n) is 1.83. The van der Waals surface area contributed by atoms with E-state index in [0.29, 0.717) is 18.9 Å². The predicted molar refractivity (Wildman–Crippen MR) is 90.3 cm³/mol. The van der Waals surface area contributed by atoms with E-state index in [4.69, 9.17) is 18.9 Å². The van der Waals surface area contributed by atoms with Crippen LogP contribution in [0.4, 0.5) is 4.79 Å². The zero-order valence-electron chi connectivity index (χ0n) is 15.8. The average Bonchev–Trinajstić information content (AvgIpc) is 2.43. The highest BCUT2D eigenvalue weighted by molar-refractivity contribution is 5.84. The molecule has 0 aliphatic heterocycles. The lowest BCUT2D eigenvalue weighted by molar-refractivity contribution is -0.157. The van der Waals surface area contributed by atoms with E-state index in [9.17, 15) is 9.59 Å². The van der Waals surface area contributed by atoms with Gasteiger partial charge in [-0.2, -0.15) is 0 Å². The lowest BCUT2D eigenvalue weighted by atomic mass is 10.1. The molecule has 24 heavy (non-hydrogen) atoms. The monoisotopic (exact) mass is 345 g/mol. The van der Waals surface area contributed by atoms with Crippen molar-refractivity contribution in [1.29, 1.82) is 0 Å². The number of esters is 1. The molecule has 7 nitrogen and oxygen atoms in total. The number of carbonyl (C=O) groups excluding carboxylic acids is 2. The molecule has 1 unspecified atom stereocenters. The van der Waals surface area contributed by atoms with Gasteiger partial charge in [-0.25, -0.2) is 9.59 Å². The van der Waals surface area contributed by atoms with Crippen molar-refractivity contribution >= 4 is 12.1 Å². The van der Waals surface area contributed by atoms with Crippen molar-refractivity contribution in [2.24, 2.45) is 5.92 Å². The van der Waals surface area contributed by atoms with E-state index < -0.39 is 29.9 Å². The van der Waals surface area contributed by atoms with Gasteiger partial charge in [-0.3, -0.25) is 5.32 Å². The third-order valence-corrected chi connectivity index (χ3v) is 2.77. The van der Waals surface area contributed by atoms with Crippen LogP contribution in [-0.4, -0.2) is 43.8 Å². The molecule has 0 aliphatic carbocycles. The second kappa shape index (κ2) is 11.0. The molecule has 7 heteroatoms. The number of hydrogen-bond donors (Lipinski definition) is 1. The minimum atomic E-state index is -0.656. The van der Waals surface area contributed by atoms with Crippen LogP contribution < -0.4 is 5.32 Å². The summed E-state index contributed by atoms with van der Waals surface area (Å²) in [6, 6.07) is 0. The van der Waals surface area contributed by atoms with Crippen molar-refractivity contribution in [1.82, 2.24) is 5.32 Å².